The quantitative estimate of drug-likeness (QED) is 0.753. The van der Waals surface area contributed by atoms with Crippen molar-refractivity contribution in [3.63, 3.8) is 0 Å². The molecule has 0 aliphatic rings. The second-order valence-electron chi connectivity index (χ2n) is 6.68. The Morgan fingerprint density at radius 2 is 1.62 bits per heavy atom. The summed E-state index contributed by atoms with van der Waals surface area (Å²) in [5, 5.41) is 5.98. The van der Waals surface area contributed by atoms with E-state index >= 15 is 0 Å². The van der Waals surface area contributed by atoms with Gasteiger partial charge in [0.2, 0.25) is 11.8 Å². The number of carbonyl (C=O) groups excluding carboxylic acids is 2. The van der Waals surface area contributed by atoms with E-state index in [0.29, 0.717) is 22.1 Å². The van der Waals surface area contributed by atoms with Crippen molar-refractivity contribution in [2.45, 2.75) is 27.7 Å². The molecule has 2 aromatic carbocycles. The fraction of sp³-hybridized carbons (Fsp3) is 0.300. The number of hydrogen-bond acceptors (Lipinski definition) is 3. The average Bonchev–Trinajstić information content (AvgIpc) is 2.58. The third-order valence-electron chi connectivity index (χ3n) is 4.31. The molecule has 0 radical (unpaired) electrons. The largest absolute Gasteiger partial charge is 0.495 e. The van der Waals surface area contributed by atoms with Crippen LogP contribution in [0.3, 0.4) is 0 Å². The first-order valence-electron chi connectivity index (χ1n) is 8.19. The fourth-order valence-corrected chi connectivity index (χ4v) is 2.44. The van der Waals surface area contributed by atoms with Crippen molar-refractivity contribution in [2.75, 3.05) is 17.7 Å². The van der Waals surface area contributed by atoms with Crippen LogP contribution in [-0.2, 0) is 9.59 Å². The van der Waals surface area contributed by atoms with Gasteiger partial charge in [-0.1, -0.05) is 17.7 Å². The number of amides is 2. The van der Waals surface area contributed by atoms with Gasteiger partial charge in [-0.3, -0.25) is 9.59 Å². The van der Waals surface area contributed by atoms with E-state index < -0.39 is 17.2 Å². The van der Waals surface area contributed by atoms with E-state index in [4.69, 9.17) is 16.3 Å². The van der Waals surface area contributed by atoms with Crippen molar-refractivity contribution in [3.05, 3.63) is 52.5 Å². The van der Waals surface area contributed by atoms with Gasteiger partial charge in [0.05, 0.1) is 12.8 Å². The van der Waals surface area contributed by atoms with E-state index in [1.165, 1.54) is 7.11 Å². The lowest BCUT2D eigenvalue weighted by molar-refractivity contribution is -0.135. The Balaban J connectivity index is 2.17. The topological polar surface area (TPSA) is 67.4 Å². The van der Waals surface area contributed by atoms with Crippen LogP contribution in [0.15, 0.2) is 36.4 Å². The molecule has 0 fully saturated rings. The maximum atomic E-state index is 12.7. The fourth-order valence-electron chi connectivity index (χ4n) is 2.27. The van der Waals surface area contributed by atoms with Gasteiger partial charge in [-0.05, 0) is 69.2 Å². The van der Waals surface area contributed by atoms with Crippen LogP contribution in [0.2, 0.25) is 5.02 Å². The Kier molecular flexibility index (Phi) is 5.93. The zero-order valence-corrected chi connectivity index (χ0v) is 16.3. The molecule has 0 spiro atoms. The number of aryl methyl sites for hydroxylation is 2. The lowest BCUT2D eigenvalue weighted by atomic mass is 9.90. The van der Waals surface area contributed by atoms with Crippen molar-refractivity contribution < 1.29 is 14.3 Å². The third-order valence-corrected chi connectivity index (χ3v) is 4.54. The number of anilines is 2. The second-order valence-corrected chi connectivity index (χ2v) is 7.11. The molecular weight excluding hydrogens is 352 g/mol. The summed E-state index contributed by atoms with van der Waals surface area (Å²) in [6, 6.07) is 10.5. The van der Waals surface area contributed by atoms with Crippen LogP contribution in [0.4, 0.5) is 11.4 Å². The molecule has 0 saturated heterocycles. The van der Waals surface area contributed by atoms with Crippen molar-refractivity contribution in [2.24, 2.45) is 5.41 Å². The molecule has 138 valence electrons. The Labute approximate surface area is 158 Å². The highest BCUT2D eigenvalue weighted by Gasteiger charge is 2.36. The van der Waals surface area contributed by atoms with Gasteiger partial charge in [0.15, 0.2) is 0 Å². The van der Waals surface area contributed by atoms with E-state index in [2.05, 4.69) is 10.6 Å². The number of ether oxygens (including phenoxy) is 1. The normalized spacial score (nSPS) is 11.0. The summed E-state index contributed by atoms with van der Waals surface area (Å²) >= 11 is 5.98. The minimum absolute atomic E-state index is 0.403. The lowest BCUT2D eigenvalue weighted by Crippen LogP contribution is -2.41. The predicted molar refractivity (Wildman–Crippen MR) is 105 cm³/mol. The summed E-state index contributed by atoms with van der Waals surface area (Å²) in [5.74, 6) is -0.397. The highest BCUT2D eigenvalue weighted by Crippen LogP contribution is 2.30. The van der Waals surface area contributed by atoms with Gasteiger partial charge in [0.25, 0.3) is 0 Å². The monoisotopic (exact) mass is 374 g/mol. The molecule has 0 unspecified atom stereocenters. The van der Waals surface area contributed by atoms with E-state index in [1.54, 1.807) is 32.0 Å². The summed E-state index contributed by atoms with van der Waals surface area (Å²) in [5.41, 5.74) is 1.96. The Hall–Kier alpha value is -2.53. The number of carbonyl (C=O) groups is 2. The van der Waals surface area contributed by atoms with Gasteiger partial charge in [0.1, 0.15) is 11.2 Å². The van der Waals surface area contributed by atoms with Gasteiger partial charge in [-0.15, -0.1) is 0 Å². The second kappa shape index (κ2) is 7.79. The lowest BCUT2D eigenvalue weighted by Gasteiger charge is -2.23. The maximum absolute atomic E-state index is 12.7. The number of nitrogens with one attached hydrogen (secondary N) is 2. The smallest absolute Gasteiger partial charge is 0.239 e. The molecule has 0 bridgehead atoms. The maximum Gasteiger partial charge on any atom is 0.239 e. The molecule has 0 aliphatic heterocycles. The SMILES string of the molecule is COc1ccc(Cl)cc1NC(=O)C(C)(C)C(=O)Nc1ccc(C)c(C)c1. The Morgan fingerprint density at radius 3 is 2.23 bits per heavy atom. The van der Waals surface area contributed by atoms with Gasteiger partial charge in [0, 0.05) is 10.7 Å². The number of rotatable bonds is 5. The van der Waals surface area contributed by atoms with Crippen LogP contribution < -0.4 is 15.4 Å². The van der Waals surface area contributed by atoms with Gasteiger partial charge < -0.3 is 15.4 Å². The molecule has 5 nitrogen and oxygen atoms in total. The number of hydrogen-bond donors (Lipinski definition) is 2. The minimum Gasteiger partial charge on any atom is -0.495 e. The summed E-state index contributed by atoms with van der Waals surface area (Å²) in [4.78, 5) is 25.4. The minimum atomic E-state index is -1.30. The van der Waals surface area contributed by atoms with Crippen LogP contribution in [0.25, 0.3) is 0 Å². The van der Waals surface area contributed by atoms with E-state index in [1.807, 2.05) is 32.0 Å². The van der Waals surface area contributed by atoms with Crippen LogP contribution in [0.5, 0.6) is 5.75 Å². The molecule has 0 aromatic heterocycles. The van der Waals surface area contributed by atoms with Gasteiger partial charge in [-0.2, -0.15) is 0 Å². The number of benzene rings is 2. The highest BCUT2D eigenvalue weighted by atomic mass is 35.5. The zero-order valence-electron chi connectivity index (χ0n) is 15.6. The molecule has 26 heavy (non-hydrogen) atoms. The van der Waals surface area contributed by atoms with Crippen LogP contribution >= 0.6 is 11.6 Å². The number of methoxy groups -OCH3 is 1. The molecule has 6 heteroatoms. The van der Waals surface area contributed by atoms with Crippen LogP contribution in [-0.4, -0.2) is 18.9 Å². The first kappa shape index (κ1) is 19.8. The van der Waals surface area contributed by atoms with Crippen LogP contribution in [0, 0.1) is 19.3 Å². The van der Waals surface area contributed by atoms with Crippen molar-refractivity contribution in [1.82, 2.24) is 0 Å². The van der Waals surface area contributed by atoms with Gasteiger partial charge in [-0.25, -0.2) is 0 Å². The van der Waals surface area contributed by atoms with Gasteiger partial charge >= 0.3 is 0 Å². The third kappa shape index (κ3) is 4.35. The summed E-state index contributed by atoms with van der Waals surface area (Å²) in [6.07, 6.45) is 0. The predicted octanol–water partition coefficient (Wildman–Crippen LogP) is 4.57. The molecule has 2 amide bonds. The van der Waals surface area contributed by atoms with E-state index in [9.17, 15) is 9.59 Å². The molecule has 2 rings (SSSR count). The van der Waals surface area contributed by atoms with Crippen molar-refractivity contribution in [1.29, 1.82) is 0 Å². The molecule has 0 atom stereocenters. The van der Waals surface area contributed by atoms with E-state index in [0.717, 1.165) is 11.1 Å². The highest BCUT2D eigenvalue weighted by molar-refractivity contribution is 6.31. The van der Waals surface area contributed by atoms with Crippen molar-refractivity contribution >= 4 is 34.8 Å². The van der Waals surface area contributed by atoms with E-state index in [-0.39, 0.29) is 0 Å². The molecule has 0 aliphatic carbocycles. The average molecular weight is 375 g/mol. The van der Waals surface area contributed by atoms with Crippen LogP contribution in [0.1, 0.15) is 25.0 Å². The molecule has 0 saturated carbocycles. The van der Waals surface area contributed by atoms with Crippen molar-refractivity contribution in [3.8, 4) is 5.75 Å². The molecule has 2 aromatic rings. The summed E-state index contributed by atoms with van der Waals surface area (Å²) in [6.45, 7) is 7.09. The summed E-state index contributed by atoms with van der Waals surface area (Å²) in [7, 11) is 1.50. The Bertz CT molecular complexity index is 847. The molecule has 2 N–H and O–H groups in total. The standard InChI is InChI=1S/C20H23ClN2O3/c1-12-6-8-15(10-13(12)2)22-18(24)20(3,4)19(25)23-16-11-14(21)7-9-17(16)26-5/h6-11H,1-5H3,(H,22,24)(H,23,25). The molecular formula is C20H23ClN2O3. The molecule has 0 heterocycles. The zero-order chi connectivity index (χ0) is 19.5. The summed E-state index contributed by atoms with van der Waals surface area (Å²) < 4.78 is 5.22. The first-order chi connectivity index (χ1) is 12.1. The number of halogens is 1. The Morgan fingerprint density at radius 1 is 0.962 bits per heavy atom. The first-order valence-corrected chi connectivity index (χ1v) is 8.56.